The lowest BCUT2D eigenvalue weighted by Gasteiger charge is -2.06. The summed E-state index contributed by atoms with van der Waals surface area (Å²) in [6, 6.07) is 12.4. The zero-order valence-electron chi connectivity index (χ0n) is 11.9. The molecular formula is C17H15BrO3. The smallest absolute Gasteiger partial charge is 0.338 e. The minimum absolute atomic E-state index is 0.213. The zero-order valence-corrected chi connectivity index (χ0v) is 13.4. The predicted octanol–water partition coefficient (Wildman–Crippen LogP) is 4.11. The average Bonchev–Trinajstić information content (AvgIpc) is 2.48. The Kier molecular flexibility index (Phi) is 4.91. The molecule has 2 rings (SSSR count). The first kappa shape index (κ1) is 15.4. The Balaban J connectivity index is 1.98. The summed E-state index contributed by atoms with van der Waals surface area (Å²) in [5.41, 5.74) is 3.07. The average molecular weight is 347 g/mol. The highest BCUT2D eigenvalue weighted by molar-refractivity contribution is 9.10. The number of esters is 1. The zero-order chi connectivity index (χ0) is 15.4. The summed E-state index contributed by atoms with van der Waals surface area (Å²) in [4.78, 5) is 23.8. The molecule has 2 aromatic rings. The van der Waals surface area contributed by atoms with E-state index in [1.54, 1.807) is 24.3 Å². The van der Waals surface area contributed by atoms with E-state index in [0.717, 1.165) is 15.6 Å². The molecule has 0 N–H and O–H groups in total. The van der Waals surface area contributed by atoms with Crippen molar-refractivity contribution >= 4 is 27.7 Å². The monoisotopic (exact) mass is 346 g/mol. The Bertz CT molecular complexity index is 675. The number of benzene rings is 2. The van der Waals surface area contributed by atoms with E-state index in [1.165, 1.54) is 0 Å². The number of hydrogen-bond donors (Lipinski definition) is 0. The van der Waals surface area contributed by atoms with Crippen molar-refractivity contribution in [2.24, 2.45) is 0 Å². The van der Waals surface area contributed by atoms with Crippen LogP contribution < -0.4 is 0 Å². The molecule has 0 bridgehead atoms. The van der Waals surface area contributed by atoms with Crippen LogP contribution in [0.1, 0.15) is 31.8 Å². The first-order chi connectivity index (χ1) is 9.97. The van der Waals surface area contributed by atoms with E-state index < -0.39 is 5.97 Å². The van der Waals surface area contributed by atoms with Crippen LogP contribution in [0.2, 0.25) is 0 Å². The van der Waals surface area contributed by atoms with Crippen molar-refractivity contribution in [1.29, 1.82) is 0 Å². The minimum atomic E-state index is -0.504. The molecule has 0 aliphatic rings. The van der Waals surface area contributed by atoms with Gasteiger partial charge in [0, 0.05) is 10.0 Å². The van der Waals surface area contributed by atoms with Crippen molar-refractivity contribution < 1.29 is 14.3 Å². The molecule has 0 spiro atoms. The highest BCUT2D eigenvalue weighted by Gasteiger charge is 2.12. The summed E-state index contributed by atoms with van der Waals surface area (Å²) >= 11 is 3.36. The third-order valence-corrected chi connectivity index (χ3v) is 3.97. The van der Waals surface area contributed by atoms with Crippen molar-refractivity contribution in [1.82, 2.24) is 0 Å². The van der Waals surface area contributed by atoms with Crippen LogP contribution in [-0.4, -0.2) is 18.4 Å². The molecule has 0 aliphatic carbocycles. The molecule has 108 valence electrons. The van der Waals surface area contributed by atoms with Crippen LogP contribution in [0.15, 0.2) is 46.9 Å². The second-order valence-electron chi connectivity index (χ2n) is 4.83. The van der Waals surface area contributed by atoms with Gasteiger partial charge in [-0.05, 0) is 31.5 Å². The normalized spacial score (nSPS) is 10.2. The van der Waals surface area contributed by atoms with Gasteiger partial charge in [-0.2, -0.15) is 0 Å². The number of ether oxygens (including phenoxy) is 1. The van der Waals surface area contributed by atoms with Crippen LogP contribution in [-0.2, 0) is 4.74 Å². The lowest BCUT2D eigenvalue weighted by atomic mass is 10.1. The number of carbonyl (C=O) groups is 2. The Labute approximate surface area is 132 Å². The van der Waals surface area contributed by atoms with Gasteiger partial charge in [0.15, 0.2) is 12.4 Å². The molecule has 3 nitrogen and oxygen atoms in total. The van der Waals surface area contributed by atoms with Gasteiger partial charge in [0.2, 0.25) is 0 Å². The van der Waals surface area contributed by atoms with Crippen LogP contribution in [0.4, 0.5) is 0 Å². The number of Topliss-reactive ketones (excluding diaryl/α,β-unsaturated/α-hetero) is 1. The molecule has 0 saturated carbocycles. The van der Waals surface area contributed by atoms with Gasteiger partial charge in [0.25, 0.3) is 0 Å². The molecule has 0 saturated heterocycles. The van der Waals surface area contributed by atoms with Gasteiger partial charge in [-0.1, -0.05) is 51.8 Å². The predicted molar refractivity (Wildman–Crippen MR) is 84.7 cm³/mol. The summed E-state index contributed by atoms with van der Waals surface area (Å²) in [5.74, 6) is -0.717. The van der Waals surface area contributed by atoms with Crippen molar-refractivity contribution in [3.63, 3.8) is 0 Å². The third kappa shape index (κ3) is 4.02. The van der Waals surface area contributed by atoms with Gasteiger partial charge < -0.3 is 4.74 Å². The summed E-state index contributed by atoms with van der Waals surface area (Å²) in [7, 11) is 0. The molecule has 0 radical (unpaired) electrons. The molecule has 2 aromatic carbocycles. The first-order valence-corrected chi connectivity index (χ1v) is 7.30. The lowest BCUT2D eigenvalue weighted by molar-refractivity contribution is 0.0474. The van der Waals surface area contributed by atoms with Gasteiger partial charge in [-0.3, -0.25) is 4.79 Å². The standard InChI is InChI=1S/C17H15BrO3/c1-11-3-6-13(7-4-11)16(19)10-21-17(20)14-8-5-12(2)15(18)9-14/h3-9H,10H2,1-2H3. The number of rotatable bonds is 4. The fourth-order valence-corrected chi connectivity index (χ4v) is 2.14. The number of ketones is 1. The Morgan fingerprint density at radius 3 is 2.24 bits per heavy atom. The van der Waals surface area contributed by atoms with Crippen LogP contribution in [0.5, 0.6) is 0 Å². The molecule has 21 heavy (non-hydrogen) atoms. The summed E-state index contributed by atoms with van der Waals surface area (Å²) in [6.07, 6.45) is 0. The summed E-state index contributed by atoms with van der Waals surface area (Å²) in [6.45, 7) is 3.62. The van der Waals surface area contributed by atoms with Gasteiger partial charge in [-0.25, -0.2) is 4.79 Å². The van der Waals surface area contributed by atoms with Crippen LogP contribution in [0, 0.1) is 13.8 Å². The minimum Gasteiger partial charge on any atom is -0.454 e. The molecule has 0 atom stereocenters. The maximum atomic E-state index is 11.9. The molecule has 0 amide bonds. The van der Waals surface area contributed by atoms with Crippen LogP contribution in [0.25, 0.3) is 0 Å². The highest BCUT2D eigenvalue weighted by Crippen LogP contribution is 2.18. The van der Waals surface area contributed by atoms with Crippen molar-refractivity contribution in [3.05, 3.63) is 69.2 Å². The molecule has 0 unspecified atom stereocenters. The van der Waals surface area contributed by atoms with E-state index >= 15 is 0 Å². The number of aryl methyl sites for hydroxylation is 2. The van der Waals surface area contributed by atoms with Crippen molar-refractivity contribution in [2.75, 3.05) is 6.61 Å². The number of hydrogen-bond acceptors (Lipinski definition) is 3. The van der Waals surface area contributed by atoms with E-state index in [4.69, 9.17) is 4.74 Å². The van der Waals surface area contributed by atoms with Gasteiger partial charge in [-0.15, -0.1) is 0 Å². The summed E-state index contributed by atoms with van der Waals surface area (Å²) < 4.78 is 5.90. The fourth-order valence-electron chi connectivity index (χ4n) is 1.76. The van der Waals surface area contributed by atoms with Crippen LogP contribution in [0.3, 0.4) is 0 Å². The number of carbonyl (C=O) groups excluding carboxylic acids is 2. The molecule has 0 aliphatic heterocycles. The van der Waals surface area contributed by atoms with Crippen molar-refractivity contribution in [3.8, 4) is 0 Å². The van der Waals surface area contributed by atoms with E-state index in [1.807, 2.05) is 32.0 Å². The Hall–Kier alpha value is -1.94. The quantitative estimate of drug-likeness (QED) is 0.618. The maximum Gasteiger partial charge on any atom is 0.338 e. The van der Waals surface area contributed by atoms with Crippen molar-refractivity contribution in [2.45, 2.75) is 13.8 Å². The maximum absolute atomic E-state index is 11.9. The van der Waals surface area contributed by atoms with E-state index in [0.29, 0.717) is 11.1 Å². The molecule has 4 heteroatoms. The second-order valence-corrected chi connectivity index (χ2v) is 5.68. The van der Waals surface area contributed by atoms with Crippen LogP contribution >= 0.6 is 15.9 Å². The topological polar surface area (TPSA) is 43.4 Å². The fraction of sp³-hybridized carbons (Fsp3) is 0.176. The largest absolute Gasteiger partial charge is 0.454 e. The second kappa shape index (κ2) is 6.68. The van der Waals surface area contributed by atoms with E-state index in [2.05, 4.69) is 15.9 Å². The van der Waals surface area contributed by atoms with E-state index in [-0.39, 0.29) is 12.4 Å². The number of halogens is 1. The molecular weight excluding hydrogens is 332 g/mol. The molecule has 0 fully saturated rings. The lowest BCUT2D eigenvalue weighted by Crippen LogP contribution is -2.14. The SMILES string of the molecule is Cc1ccc(C(=O)COC(=O)c2ccc(C)c(Br)c2)cc1. The van der Waals surface area contributed by atoms with Gasteiger partial charge >= 0.3 is 5.97 Å². The van der Waals surface area contributed by atoms with E-state index in [9.17, 15) is 9.59 Å². The van der Waals surface area contributed by atoms with Gasteiger partial charge in [0.1, 0.15) is 0 Å². The molecule has 0 aromatic heterocycles. The Morgan fingerprint density at radius 1 is 1.00 bits per heavy atom. The molecule has 0 heterocycles. The third-order valence-electron chi connectivity index (χ3n) is 3.12. The van der Waals surface area contributed by atoms with Gasteiger partial charge in [0.05, 0.1) is 5.56 Å². The highest BCUT2D eigenvalue weighted by atomic mass is 79.9. The summed E-state index contributed by atoms with van der Waals surface area (Å²) in [5, 5.41) is 0. The first-order valence-electron chi connectivity index (χ1n) is 6.50. The Morgan fingerprint density at radius 2 is 1.62 bits per heavy atom.